The number of hydrogen-bond donors (Lipinski definition) is 1. The maximum atomic E-state index is 14.3. The van der Waals surface area contributed by atoms with Gasteiger partial charge < -0.3 is 0 Å². The first kappa shape index (κ1) is 23.2. The van der Waals surface area contributed by atoms with E-state index in [4.69, 9.17) is 0 Å². The lowest BCUT2D eigenvalue weighted by molar-refractivity contribution is -0.122. The molecule has 2 bridgehead atoms. The highest BCUT2D eigenvalue weighted by molar-refractivity contribution is 6.25. The highest BCUT2D eigenvalue weighted by Gasteiger charge is 2.68. The zero-order valence-corrected chi connectivity index (χ0v) is 21.1. The number of hydrogen-bond acceptors (Lipinski definition) is 5. The fourth-order valence-corrected chi connectivity index (χ4v) is 6.76. The quantitative estimate of drug-likeness (QED) is 0.250. The van der Waals surface area contributed by atoms with Crippen molar-refractivity contribution in [2.45, 2.75) is 18.3 Å². The van der Waals surface area contributed by atoms with Crippen molar-refractivity contribution in [2.75, 3.05) is 4.90 Å². The van der Waals surface area contributed by atoms with Crippen molar-refractivity contribution in [1.82, 2.24) is 10.4 Å². The molecule has 190 valence electrons. The second-order valence-corrected chi connectivity index (χ2v) is 10.3. The smallest absolute Gasteiger partial charge is 0.271 e. The van der Waals surface area contributed by atoms with Gasteiger partial charge in [-0.1, -0.05) is 66.2 Å². The van der Waals surface area contributed by atoms with Gasteiger partial charge in [-0.25, -0.2) is 10.3 Å². The van der Waals surface area contributed by atoms with Crippen molar-refractivity contribution < 1.29 is 14.4 Å². The number of anilines is 1. The SMILES string of the molecule is Cc1ccc(N2C(=O)[C@@H]3C4c5ccccc5C(/C=N/NC(=O)c5ccncc5)(c5ccccc54)[C@H]3C2=O)cc1. The van der Waals surface area contributed by atoms with Crippen LogP contribution in [0.25, 0.3) is 0 Å². The van der Waals surface area contributed by atoms with Crippen LogP contribution in [-0.2, 0) is 15.0 Å². The number of carbonyl (C=O) groups is 3. The number of nitrogens with zero attached hydrogens (tertiary/aromatic N) is 3. The fraction of sp³-hybridized carbons (Fsp3) is 0.156. The minimum Gasteiger partial charge on any atom is -0.274 e. The van der Waals surface area contributed by atoms with E-state index < -0.39 is 17.3 Å². The number of aromatic nitrogens is 1. The van der Waals surface area contributed by atoms with Gasteiger partial charge in [0, 0.05) is 30.1 Å². The first-order valence-electron chi connectivity index (χ1n) is 12.9. The lowest BCUT2D eigenvalue weighted by atomic mass is 9.47. The molecule has 1 saturated heterocycles. The number of pyridine rings is 1. The molecule has 3 aromatic carbocycles. The number of hydrazone groups is 1. The van der Waals surface area contributed by atoms with Crippen LogP contribution in [0.15, 0.2) is 102 Å². The Morgan fingerprint density at radius 2 is 1.49 bits per heavy atom. The first-order chi connectivity index (χ1) is 19.0. The van der Waals surface area contributed by atoms with Gasteiger partial charge in [-0.2, -0.15) is 5.10 Å². The van der Waals surface area contributed by atoms with E-state index in [-0.39, 0.29) is 23.6 Å². The molecule has 0 radical (unpaired) electrons. The normalized spacial score (nSPS) is 24.4. The van der Waals surface area contributed by atoms with Gasteiger partial charge in [0.15, 0.2) is 0 Å². The van der Waals surface area contributed by atoms with Crippen LogP contribution in [0.5, 0.6) is 0 Å². The molecule has 1 fully saturated rings. The molecule has 0 spiro atoms. The van der Waals surface area contributed by atoms with Crippen LogP contribution in [0.3, 0.4) is 0 Å². The Balaban J connectivity index is 1.41. The van der Waals surface area contributed by atoms with E-state index in [1.165, 1.54) is 4.90 Å². The van der Waals surface area contributed by atoms with Crippen LogP contribution in [0, 0.1) is 18.8 Å². The van der Waals surface area contributed by atoms with Crippen molar-refractivity contribution in [3.8, 4) is 0 Å². The second-order valence-electron chi connectivity index (χ2n) is 10.3. The number of rotatable bonds is 4. The Morgan fingerprint density at radius 1 is 0.872 bits per heavy atom. The lowest BCUT2D eigenvalue weighted by Gasteiger charge is -2.52. The van der Waals surface area contributed by atoms with E-state index in [0.29, 0.717) is 11.3 Å². The van der Waals surface area contributed by atoms with Crippen molar-refractivity contribution in [1.29, 1.82) is 0 Å². The molecule has 3 aliphatic carbocycles. The third-order valence-electron chi connectivity index (χ3n) is 8.35. The molecule has 2 atom stereocenters. The Bertz CT molecular complexity index is 1630. The molecule has 4 aromatic rings. The van der Waals surface area contributed by atoms with Gasteiger partial charge in [0.25, 0.3) is 5.91 Å². The predicted octanol–water partition coefficient (Wildman–Crippen LogP) is 4.36. The zero-order chi connectivity index (χ0) is 26.7. The summed E-state index contributed by atoms with van der Waals surface area (Å²) in [7, 11) is 0. The van der Waals surface area contributed by atoms with Gasteiger partial charge in [-0.15, -0.1) is 0 Å². The van der Waals surface area contributed by atoms with Crippen LogP contribution in [0.1, 0.15) is 44.1 Å². The zero-order valence-electron chi connectivity index (χ0n) is 21.1. The lowest BCUT2D eigenvalue weighted by Crippen LogP contribution is -2.54. The van der Waals surface area contributed by atoms with Gasteiger partial charge >= 0.3 is 0 Å². The molecule has 7 nitrogen and oxygen atoms in total. The standard InChI is InChI=1S/C32H24N4O3/c1-19-10-12-21(13-11-19)36-30(38)27-26-22-6-2-4-8-24(22)32(28(27)31(36)39,25-9-5-3-7-23(25)26)18-34-35-29(37)20-14-16-33-17-15-20/h2-18,26-28H,1H3,(H,35,37)/b34-18+/t26?,27-,28-,32?/m1/s1. The molecule has 2 heterocycles. The number of nitrogens with one attached hydrogen (secondary N) is 1. The minimum atomic E-state index is -1.04. The Labute approximate surface area is 225 Å². The van der Waals surface area contributed by atoms with E-state index >= 15 is 0 Å². The number of carbonyl (C=O) groups excluding carboxylic acids is 3. The molecule has 4 aliphatic rings. The summed E-state index contributed by atoms with van der Waals surface area (Å²) in [5.41, 5.74) is 7.51. The topological polar surface area (TPSA) is 91.7 Å². The molecule has 0 unspecified atom stereocenters. The molecule has 0 saturated carbocycles. The van der Waals surface area contributed by atoms with Gasteiger partial charge in [0.1, 0.15) is 0 Å². The molecule has 7 heteroatoms. The summed E-state index contributed by atoms with van der Waals surface area (Å²) in [4.78, 5) is 46.6. The summed E-state index contributed by atoms with van der Waals surface area (Å²) in [6.45, 7) is 1.97. The predicted molar refractivity (Wildman–Crippen MR) is 146 cm³/mol. The summed E-state index contributed by atoms with van der Waals surface area (Å²) in [6.07, 6.45) is 4.75. The van der Waals surface area contributed by atoms with E-state index in [0.717, 1.165) is 27.8 Å². The van der Waals surface area contributed by atoms with Crippen molar-refractivity contribution >= 4 is 29.6 Å². The molecule has 1 aromatic heterocycles. The largest absolute Gasteiger partial charge is 0.274 e. The average molecular weight is 513 g/mol. The van der Waals surface area contributed by atoms with E-state index in [9.17, 15) is 14.4 Å². The molecule has 1 aliphatic heterocycles. The van der Waals surface area contributed by atoms with Gasteiger partial charge in [0.05, 0.1) is 22.9 Å². The van der Waals surface area contributed by atoms with Crippen molar-refractivity contribution in [3.63, 3.8) is 0 Å². The molecule has 3 amide bonds. The van der Waals surface area contributed by atoms with Crippen LogP contribution >= 0.6 is 0 Å². The molecule has 39 heavy (non-hydrogen) atoms. The summed E-state index contributed by atoms with van der Waals surface area (Å²) in [5, 5.41) is 4.44. The molecule has 8 rings (SSSR count). The average Bonchev–Trinajstić information content (AvgIpc) is 3.25. The summed E-state index contributed by atoms with van der Waals surface area (Å²) in [6, 6.07) is 26.6. The molecular formula is C32H24N4O3. The van der Waals surface area contributed by atoms with Gasteiger partial charge in [0.2, 0.25) is 11.8 Å². The second kappa shape index (κ2) is 8.56. The van der Waals surface area contributed by atoms with Crippen molar-refractivity contribution in [2.24, 2.45) is 16.9 Å². The van der Waals surface area contributed by atoms with Crippen LogP contribution in [-0.4, -0.2) is 28.9 Å². The molecule has 1 N–H and O–H groups in total. The minimum absolute atomic E-state index is 0.207. The van der Waals surface area contributed by atoms with Crippen LogP contribution in [0.2, 0.25) is 0 Å². The van der Waals surface area contributed by atoms with E-state index in [2.05, 4.69) is 15.5 Å². The van der Waals surface area contributed by atoms with Gasteiger partial charge in [-0.3, -0.25) is 19.4 Å². The maximum absolute atomic E-state index is 14.3. The summed E-state index contributed by atoms with van der Waals surface area (Å²) < 4.78 is 0. The Hall–Kier alpha value is -4.91. The first-order valence-corrected chi connectivity index (χ1v) is 12.9. The fourth-order valence-electron chi connectivity index (χ4n) is 6.76. The van der Waals surface area contributed by atoms with E-state index in [1.54, 1.807) is 30.7 Å². The van der Waals surface area contributed by atoms with E-state index in [1.807, 2.05) is 79.7 Å². The number of amides is 3. The van der Waals surface area contributed by atoms with Crippen LogP contribution in [0.4, 0.5) is 5.69 Å². The summed E-state index contributed by atoms with van der Waals surface area (Å²) in [5.74, 6) is -2.40. The number of imide groups is 1. The van der Waals surface area contributed by atoms with Crippen molar-refractivity contribution in [3.05, 3.63) is 131 Å². The maximum Gasteiger partial charge on any atom is 0.271 e. The van der Waals surface area contributed by atoms with Crippen LogP contribution < -0.4 is 10.3 Å². The molecular weight excluding hydrogens is 488 g/mol. The summed E-state index contributed by atoms with van der Waals surface area (Å²) >= 11 is 0. The highest BCUT2D eigenvalue weighted by Crippen LogP contribution is 2.63. The monoisotopic (exact) mass is 512 g/mol. The third-order valence-corrected chi connectivity index (χ3v) is 8.35. The number of aryl methyl sites for hydroxylation is 1. The Morgan fingerprint density at radius 3 is 2.13 bits per heavy atom. The highest BCUT2D eigenvalue weighted by atomic mass is 16.2. The third kappa shape index (κ3) is 3.19. The number of benzene rings is 3. The Kier molecular flexibility index (Phi) is 5.10. The van der Waals surface area contributed by atoms with Gasteiger partial charge in [-0.05, 0) is 53.4 Å².